The first-order chi connectivity index (χ1) is 9.81. The van der Waals surface area contributed by atoms with Crippen LogP contribution in [0.1, 0.15) is 20.8 Å². The number of hydrogen-bond donors (Lipinski definition) is 1. The Balaban J connectivity index is 2.39. The molecule has 21 heavy (non-hydrogen) atoms. The molecule has 8 heteroatoms. The second kappa shape index (κ2) is 5.46. The zero-order valence-electron chi connectivity index (χ0n) is 10.1. The third-order valence-electron chi connectivity index (χ3n) is 2.42. The van der Waals surface area contributed by atoms with E-state index in [2.05, 4.69) is 0 Å². The molecule has 0 unspecified atom stereocenters. The molecule has 0 saturated heterocycles. The van der Waals surface area contributed by atoms with Crippen LogP contribution in [-0.2, 0) is 6.18 Å². The number of hydrogen-bond acceptors (Lipinski definition) is 4. The largest absolute Gasteiger partial charge is 0.477 e. The van der Waals surface area contributed by atoms with Crippen LogP contribution in [0.25, 0.3) is 0 Å². The smallest absolute Gasteiger partial charge is 0.420 e. The van der Waals surface area contributed by atoms with Gasteiger partial charge in [-0.05, 0) is 30.3 Å². The molecule has 0 fully saturated rings. The van der Waals surface area contributed by atoms with Gasteiger partial charge in [-0.3, -0.25) is 0 Å². The minimum atomic E-state index is -4.69. The van der Waals surface area contributed by atoms with Gasteiger partial charge < -0.3 is 9.84 Å². The van der Waals surface area contributed by atoms with Crippen molar-refractivity contribution in [2.24, 2.45) is 0 Å². The lowest BCUT2D eigenvalue weighted by Crippen LogP contribution is -2.07. The number of halogens is 3. The number of thiophene rings is 1. The first-order valence-electron chi connectivity index (χ1n) is 5.43. The molecule has 0 radical (unpaired) electrons. The van der Waals surface area contributed by atoms with Crippen LogP contribution in [0.2, 0.25) is 0 Å². The Bertz CT molecular complexity index is 731. The third-order valence-corrected chi connectivity index (χ3v) is 3.37. The Hall–Kier alpha value is -2.53. The Morgan fingerprint density at radius 2 is 2.00 bits per heavy atom. The van der Waals surface area contributed by atoms with Crippen molar-refractivity contribution >= 4 is 17.3 Å². The lowest BCUT2D eigenvalue weighted by atomic mass is 10.1. The molecular weight excluding hydrogens is 307 g/mol. The number of rotatable bonds is 3. The van der Waals surface area contributed by atoms with Crippen molar-refractivity contribution in [1.29, 1.82) is 5.26 Å². The molecule has 0 spiro atoms. The van der Waals surface area contributed by atoms with Crippen LogP contribution >= 0.6 is 11.3 Å². The van der Waals surface area contributed by atoms with Crippen LogP contribution in [0, 0.1) is 11.3 Å². The van der Waals surface area contributed by atoms with E-state index >= 15 is 0 Å². The van der Waals surface area contributed by atoms with Gasteiger partial charge in [0.2, 0.25) is 0 Å². The molecule has 0 amide bonds. The highest BCUT2D eigenvalue weighted by atomic mass is 32.1. The summed E-state index contributed by atoms with van der Waals surface area (Å²) in [6.45, 7) is 0. The molecule has 0 bridgehead atoms. The second-order valence-corrected chi connectivity index (χ2v) is 4.89. The number of carboxylic acid groups (broad SMARTS) is 1. The van der Waals surface area contributed by atoms with Crippen LogP contribution < -0.4 is 4.74 Å². The highest BCUT2D eigenvalue weighted by Gasteiger charge is 2.35. The van der Waals surface area contributed by atoms with Gasteiger partial charge in [0.05, 0.1) is 17.2 Å². The maximum Gasteiger partial charge on any atom is 0.420 e. The van der Waals surface area contributed by atoms with E-state index < -0.39 is 23.5 Å². The van der Waals surface area contributed by atoms with Gasteiger partial charge in [0.15, 0.2) is 5.06 Å². The molecule has 1 aromatic carbocycles. The van der Waals surface area contributed by atoms with Gasteiger partial charge >= 0.3 is 12.1 Å². The van der Waals surface area contributed by atoms with Crippen LogP contribution in [0.4, 0.5) is 13.2 Å². The van der Waals surface area contributed by atoms with Gasteiger partial charge in [-0.15, -0.1) is 0 Å². The number of carboxylic acids is 1. The maximum absolute atomic E-state index is 12.9. The van der Waals surface area contributed by atoms with E-state index in [1.807, 2.05) is 0 Å². The molecule has 0 atom stereocenters. The fraction of sp³-hybridized carbons (Fsp3) is 0.0769. The normalized spacial score (nSPS) is 11.0. The average Bonchev–Trinajstić information content (AvgIpc) is 2.86. The number of carbonyl (C=O) groups is 1. The topological polar surface area (TPSA) is 70.3 Å². The zero-order chi connectivity index (χ0) is 15.6. The van der Waals surface area contributed by atoms with Crippen molar-refractivity contribution in [1.82, 2.24) is 0 Å². The summed E-state index contributed by atoms with van der Waals surface area (Å²) in [6.07, 6.45) is -4.69. The van der Waals surface area contributed by atoms with Gasteiger partial charge in [-0.2, -0.15) is 18.4 Å². The SMILES string of the molecule is N#Cc1ccc(Oc2ccc(C(=O)O)s2)c(C(F)(F)F)c1. The van der Waals surface area contributed by atoms with Crippen molar-refractivity contribution in [3.05, 3.63) is 46.3 Å². The predicted octanol–water partition coefficient (Wildman–Crippen LogP) is 4.13. The zero-order valence-corrected chi connectivity index (χ0v) is 11.0. The summed E-state index contributed by atoms with van der Waals surface area (Å²) in [4.78, 5) is 10.7. The molecule has 1 aromatic heterocycles. The minimum absolute atomic E-state index is 0.0163. The van der Waals surface area contributed by atoms with Crippen LogP contribution in [0.15, 0.2) is 30.3 Å². The fourth-order valence-electron chi connectivity index (χ4n) is 1.51. The third kappa shape index (κ3) is 3.32. The maximum atomic E-state index is 12.9. The van der Waals surface area contributed by atoms with Gasteiger partial charge in [0.1, 0.15) is 10.6 Å². The van der Waals surface area contributed by atoms with E-state index in [9.17, 15) is 18.0 Å². The average molecular weight is 313 g/mol. The summed E-state index contributed by atoms with van der Waals surface area (Å²) in [5.74, 6) is -1.67. The Morgan fingerprint density at radius 3 is 2.52 bits per heavy atom. The number of ether oxygens (including phenoxy) is 1. The molecule has 0 aliphatic heterocycles. The van der Waals surface area contributed by atoms with Crippen molar-refractivity contribution in [3.8, 4) is 16.9 Å². The second-order valence-electron chi connectivity index (χ2n) is 3.85. The highest BCUT2D eigenvalue weighted by Crippen LogP contribution is 2.40. The lowest BCUT2D eigenvalue weighted by molar-refractivity contribution is -0.138. The standard InChI is InChI=1S/C13H6F3NO3S/c14-13(15,16)8-5-7(6-17)1-2-9(8)20-11-4-3-10(21-11)12(18)19/h1-5H,(H,18,19). The monoisotopic (exact) mass is 313 g/mol. The van der Waals surface area contributed by atoms with Gasteiger partial charge in [-0.25, -0.2) is 4.79 Å². The lowest BCUT2D eigenvalue weighted by Gasteiger charge is -2.12. The molecule has 0 saturated carbocycles. The number of aromatic carboxylic acids is 1. The first-order valence-corrected chi connectivity index (χ1v) is 6.25. The van der Waals surface area contributed by atoms with Gasteiger partial charge in [-0.1, -0.05) is 11.3 Å². The number of benzene rings is 1. The molecule has 0 aliphatic carbocycles. The van der Waals surface area contributed by atoms with Crippen LogP contribution in [0.3, 0.4) is 0 Å². The van der Waals surface area contributed by atoms with E-state index in [1.165, 1.54) is 18.2 Å². The molecule has 1 N–H and O–H groups in total. The van der Waals surface area contributed by atoms with E-state index in [4.69, 9.17) is 15.1 Å². The number of nitrogens with zero attached hydrogens (tertiary/aromatic N) is 1. The van der Waals surface area contributed by atoms with E-state index in [0.717, 1.165) is 6.07 Å². The van der Waals surface area contributed by atoms with Crippen LogP contribution in [-0.4, -0.2) is 11.1 Å². The molecule has 2 aromatic rings. The quantitative estimate of drug-likeness (QED) is 0.925. The molecule has 108 valence electrons. The summed E-state index contributed by atoms with van der Waals surface area (Å²) in [5, 5.41) is 17.4. The Morgan fingerprint density at radius 1 is 1.29 bits per heavy atom. The Labute approximate surface area is 120 Å². The molecule has 4 nitrogen and oxygen atoms in total. The predicted molar refractivity (Wildman–Crippen MR) is 67.5 cm³/mol. The van der Waals surface area contributed by atoms with Crippen molar-refractivity contribution in [2.75, 3.05) is 0 Å². The summed E-state index contributed by atoms with van der Waals surface area (Å²) >= 11 is 0.711. The molecule has 2 rings (SSSR count). The summed E-state index contributed by atoms with van der Waals surface area (Å²) < 4.78 is 43.9. The van der Waals surface area contributed by atoms with Crippen molar-refractivity contribution in [3.63, 3.8) is 0 Å². The van der Waals surface area contributed by atoms with E-state index in [0.29, 0.717) is 17.4 Å². The van der Waals surface area contributed by atoms with E-state index in [-0.39, 0.29) is 15.5 Å². The van der Waals surface area contributed by atoms with Crippen molar-refractivity contribution < 1.29 is 27.8 Å². The van der Waals surface area contributed by atoms with Gasteiger partial charge in [0.25, 0.3) is 0 Å². The van der Waals surface area contributed by atoms with Crippen molar-refractivity contribution in [2.45, 2.75) is 6.18 Å². The summed E-state index contributed by atoms with van der Waals surface area (Å²) in [7, 11) is 0. The number of nitriles is 1. The minimum Gasteiger partial charge on any atom is -0.477 e. The number of alkyl halides is 3. The molecule has 0 aliphatic rings. The molecule has 1 heterocycles. The molecular formula is C13H6F3NO3S. The fourth-order valence-corrected chi connectivity index (χ4v) is 2.22. The van der Waals surface area contributed by atoms with Crippen LogP contribution in [0.5, 0.6) is 10.8 Å². The van der Waals surface area contributed by atoms with Gasteiger partial charge in [0, 0.05) is 0 Å². The Kier molecular flexibility index (Phi) is 3.86. The van der Waals surface area contributed by atoms with E-state index in [1.54, 1.807) is 6.07 Å². The first kappa shape index (κ1) is 14.9. The summed E-state index contributed by atoms with van der Waals surface area (Å²) in [6, 6.07) is 7.03. The summed E-state index contributed by atoms with van der Waals surface area (Å²) in [5.41, 5.74) is -1.24. The highest BCUT2D eigenvalue weighted by molar-refractivity contribution is 7.15.